The Morgan fingerprint density at radius 1 is 1.59 bits per heavy atom. The maximum atomic E-state index is 11.6. The zero-order chi connectivity index (χ0) is 13.0. The zero-order valence-electron chi connectivity index (χ0n) is 10.2. The van der Waals surface area contributed by atoms with Gasteiger partial charge in [0, 0.05) is 12.6 Å². The molecule has 94 valence electrons. The lowest BCUT2D eigenvalue weighted by molar-refractivity contribution is -0.384. The summed E-state index contributed by atoms with van der Waals surface area (Å²) in [5, 5.41) is 10.7. The molecule has 0 aliphatic heterocycles. The molecular weight excluding hydrogens is 224 g/mol. The Bertz CT molecular complexity index is 423. The van der Waals surface area contributed by atoms with E-state index in [4.69, 9.17) is 4.74 Å². The van der Waals surface area contributed by atoms with E-state index in [0.29, 0.717) is 6.54 Å². The molecule has 0 saturated heterocycles. The molecule has 6 heteroatoms. The van der Waals surface area contributed by atoms with Gasteiger partial charge in [-0.15, -0.1) is 0 Å². The normalized spacial score (nSPS) is 10.6. The second-order valence-corrected chi connectivity index (χ2v) is 4.11. The molecule has 0 atom stereocenters. The van der Waals surface area contributed by atoms with Crippen molar-refractivity contribution in [3.63, 3.8) is 0 Å². The predicted molar refractivity (Wildman–Crippen MR) is 61.9 cm³/mol. The molecular formula is C11H16N2O4. The first-order valence-corrected chi connectivity index (χ1v) is 5.47. The topological polar surface area (TPSA) is 74.4 Å². The van der Waals surface area contributed by atoms with Crippen molar-refractivity contribution in [1.82, 2.24) is 4.57 Å². The van der Waals surface area contributed by atoms with Crippen molar-refractivity contribution in [1.29, 1.82) is 0 Å². The minimum Gasteiger partial charge on any atom is -0.461 e. The molecule has 0 aliphatic carbocycles. The largest absolute Gasteiger partial charge is 0.461 e. The number of rotatable bonds is 5. The molecule has 0 fully saturated rings. The van der Waals surface area contributed by atoms with Crippen LogP contribution in [0.3, 0.4) is 0 Å². The van der Waals surface area contributed by atoms with Crippen molar-refractivity contribution >= 4 is 11.7 Å². The van der Waals surface area contributed by atoms with Crippen LogP contribution in [0.4, 0.5) is 5.69 Å². The highest BCUT2D eigenvalue weighted by molar-refractivity contribution is 5.88. The highest BCUT2D eigenvalue weighted by atomic mass is 16.6. The molecule has 0 bridgehead atoms. The summed E-state index contributed by atoms with van der Waals surface area (Å²) < 4.78 is 6.43. The van der Waals surface area contributed by atoms with E-state index in [9.17, 15) is 14.9 Å². The molecule has 0 unspecified atom stereocenters. The molecule has 0 aromatic carbocycles. The standard InChI is InChI=1S/C11H16N2O4/c1-4-17-11(14)10-5-9(13(15)16)7-12(10)6-8(2)3/h5,7-8H,4,6H2,1-3H3. The Morgan fingerprint density at radius 2 is 2.24 bits per heavy atom. The first-order chi connectivity index (χ1) is 7.95. The van der Waals surface area contributed by atoms with E-state index in [-0.39, 0.29) is 23.9 Å². The second-order valence-electron chi connectivity index (χ2n) is 4.11. The molecule has 6 nitrogen and oxygen atoms in total. The Hall–Kier alpha value is -1.85. The highest BCUT2D eigenvalue weighted by Crippen LogP contribution is 2.18. The van der Waals surface area contributed by atoms with Gasteiger partial charge in [-0.3, -0.25) is 10.1 Å². The van der Waals surface area contributed by atoms with Crippen molar-refractivity contribution in [3.05, 3.63) is 28.1 Å². The van der Waals surface area contributed by atoms with E-state index in [0.717, 1.165) is 0 Å². The van der Waals surface area contributed by atoms with Crippen LogP contribution >= 0.6 is 0 Å². The van der Waals surface area contributed by atoms with Crippen molar-refractivity contribution in [3.8, 4) is 0 Å². The minimum absolute atomic E-state index is 0.0892. The molecule has 0 saturated carbocycles. The Labute approximate surface area is 99.3 Å². The fraction of sp³-hybridized carbons (Fsp3) is 0.545. The quantitative estimate of drug-likeness (QED) is 0.449. The van der Waals surface area contributed by atoms with Crippen molar-refractivity contribution in [2.75, 3.05) is 6.61 Å². The van der Waals surface area contributed by atoms with Gasteiger partial charge >= 0.3 is 5.97 Å². The lowest BCUT2D eigenvalue weighted by atomic mass is 10.2. The van der Waals surface area contributed by atoms with Gasteiger partial charge in [0.1, 0.15) is 5.69 Å². The molecule has 0 radical (unpaired) electrons. The van der Waals surface area contributed by atoms with Crippen LogP contribution in [-0.4, -0.2) is 22.1 Å². The van der Waals surface area contributed by atoms with Crippen LogP contribution in [0.15, 0.2) is 12.3 Å². The van der Waals surface area contributed by atoms with Crippen LogP contribution < -0.4 is 0 Å². The number of ether oxygens (including phenoxy) is 1. The first-order valence-electron chi connectivity index (χ1n) is 5.47. The SMILES string of the molecule is CCOC(=O)c1cc([N+](=O)[O-])cn1CC(C)C. The van der Waals surface area contributed by atoms with E-state index < -0.39 is 10.9 Å². The monoisotopic (exact) mass is 240 g/mol. The number of hydrogen-bond donors (Lipinski definition) is 0. The Kier molecular flexibility index (Phi) is 4.25. The molecule has 0 spiro atoms. The summed E-state index contributed by atoms with van der Waals surface area (Å²) in [6, 6.07) is 1.25. The fourth-order valence-corrected chi connectivity index (χ4v) is 1.51. The second kappa shape index (κ2) is 5.47. The summed E-state index contributed by atoms with van der Waals surface area (Å²) in [7, 11) is 0. The van der Waals surface area contributed by atoms with E-state index in [2.05, 4.69) is 0 Å². The molecule has 0 amide bonds. The molecule has 0 N–H and O–H groups in total. The van der Waals surface area contributed by atoms with Crippen LogP contribution in [-0.2, 0) is 11.3 Å². The van der Waals surface area contributed by atoms with Crippen LogP contribution in [0.2, 0.25) is 0 Å². The van der Waals surface area contributed by atoms with Crippen molar-refractivity contribution in [2.45, 2.75) is 27.3 Å². The molecule has 17 heavy (non-hydrogen) atoms. The average molecular weight is 240 g/mol. The highest BCUT2D eigenvalue weighted by Gasteiger charge is 2.20. The van der Waals surface area contributed by atoms with E-state index in [1.54, 1.807) is 11.5 Å². The molecule has 0 aliphatic rings. The van der Waals surface area contributed by atoms with Crippen LogP contribution in [0.25, 0.3) is 0 Å². The Morgan fingerprint density at radius 3 is 2.71 bits per heavy atom. The maximum Gasteiger partial charge on any atom is 0.355 e. The third-order valence-electron chi connectivity index (χ3n) is 2.14. The number of aromatic nitrogens is 1. The van der Waals surface area contributed by atoms with Crippen LogP contribution in [0, 0.1) is 16.0 Å². The summed E-state index contributed by atoms with van der Waals surface area (Å²) in [5.41, 5.74) is 0.140. The van der Waals surface area contributed by atoms with Crippen LogP contribution in [0.5, 0.6) is 0 Å². The number of hydrogen-bond acceptors (Lipinski definition) is 4. The summed E-state index contributed by atoms with van der Waals surface area (Å²) in [5.74, 6) is -0.239. The smallest absolute Gasteiger partial charge is 0.355 e. The van der Waals surface area contributed by atoms with Gasteiger partial charge in [0.2, 0.25) is 0 Å². The van der Waals surface area contributed by atoms with Gasteiger partial charge in [0.05, 0.1) is 17.7 Å². The lowest BCUT2D eigenvalue weighted by Crippen LogP contribution is -2.13. The maximum absolute atomic E-state index is 11.6. The van der Waals surface area contributed by atoms with Gasteiger partial charge in [-0.1, -0.05) is 13.8 Å². The van der Waals surface area contributed by atoms with Crippen molar-refractivity contribution < 1.29 is 14.5 Å². The van der Waals surface area contributed by atoms with Gasteiger partial charge in [0.25, 0.3) is 5.69 Å². The Balaban J connectivity index is 3.07. The molecule has 1 heterocycles. The van der Waals surface area contributed by atoms with Crippen molar-refractivity contribution in [2.24, 2.45) is 5.92 Å². The van der Waals surface area contributed by atoms with Gasteiger partial charge in [-0.05, 0) is 12.8 Å². The third kappa shape index (κ3) is 3.30. The molecule has 1 aromatic heterocycles. The van der Waals surface area contributed by atoms with Gasteiger partial charge in [-0.25, -0.2) is 4.79 Å². The minimum atomic E-state index is -0.527. The average Bonchev–Trinajstić information content (AvgIpc) is 2.61. The van der Waals surface area contributed by atoms with Crippen LogP contribution in [0.1, 0.15) is 31.3 Å². The zero-order valence-corrected chi connectivity index (χ0v) is 10.2. The van der Waals surface area contributed by atoms with E-state index in [1.165, 1.54) is 12.3 Å². The van der Waals surface area contributed by atoms with Gasteiger partial charge in [-0.2, -0.15) is 0 Å². The summed E-state index contributed by atoms with van der Waals surface area (Å²) in [6.45, 7) is 6.44. The van der Waals surface area contributed by atoms with Gasteiger partial charge in [0.15, 0.2) is 0 Å². The number of nitrogens with zero attached hydrogens (tertiary/aromatic N) is 2. The number of carbonyl (C=O) groups excluding carboxylic acids is 1. The van der Waals surface area contributed by atoms with E-state index in [1.807, 2.05) is 13.8 Å². The van der Waals surface area contributed by atoms with Gasteiger partial charge < -0.3 is 9.30 Å². The number of carbonyl (C=O) groups is 1. The number of esters is 1. The summed E-state index contributed by atoms with van der Waals surface area (Å²) in [6.07, 6.45) is 1.37. The predicted octanol–water partition coefficient (Wildman–Crippen LogP) is 2.23. The summed E-state index contributed by atoms with van der Waals surface area (Å²) in [4.78, 5) is 21.8. The summed E-state index contributed by atoms with van der Waals surface area (Å²) >= 11 is 0. The fourth-order valence-electron chi connectivity index (χ4n) is 1.51. The first kappa shape index (κ1) is 13.2. The lowest BCUT2D eigenvalue weighted by Gasteiger charge is -2.09. The van der Waals surface area contributed by atoms with E-state index >= 15 is 0 Å². The molecule has 1 rings (SSSR count). The molecule has 1 aromatic rings. The third-order valence-corrected chi connectivity index (χ3v) is 2.14. The number of nitro groups is 1.